The van der Waals surface area contributed by atoms with Gasteiger partial charge >= 0.3 is 6.18 Å². The molecule has 4 aromatic rings. The van der Waals surface area contributed by atoms with Gasteiger partial charge in [0.1, 0.15) is 5.75 Å². The summed E-state index contributed by atoms with van der Waals surface area (Å²) < 4.78 is 52.2. The molecule has 0 atom stereocenters. The van der Waals surface area contributed by atoms with E-state index in [2.05, 4.69) is 34.5 Å². The standard InChI is InChI=1S/C37H40ClF3N2O4.ClH/c38-36-31(15-8-17-34(36)37(39,40)41)26-43(27-33(29-11-3-1-4-12-29)30-13-5-2-6-14-30)19-9-21-47-32-16-7-10-28(24-32)25-35(45)42-18-22-46-23-20-44;/h1-8,10-17,24,33,44H,9,18-23,25-27H2,(H,42,45);1H. The van der Waals surface area contributed by atoms with Crippen molar-refractivity contribution in [2.24, 2.45) is 0 Å². The van der Waals surface area contributed by atoms with Crippen molar-refractivity contribution in [2.45, 2.75) is 31.5 Å². The number of rotatable bonds is 18. The number of alkyl halides is 3. The van der Waals surface area contributed by atoms with Crippen molar-refractivity contribution in [1.29, 1.82) is 0 Å². The maximum absolute atomic E-state index is 13.7. The number of hydrogen-bond donors (Lipinski definition) is 2. The third-order valence-corrected chi connectivity index (χ3v) is 8.02. The highest BCUT2D eigenvalue weighted by Gasteiger charge is 2.34. The molecule has 11 heteroatoms. The first-order chi connectivity index (χ1) is 22.7. The van der Waals surface area contributed by atoms with Crippen LogP contribution in [0.1, 0.15) is 40.2 Å². The number of halogens is 5. The van der Waals surface area contributed by atoms with Crippen LogP contribution in [0.25, 0.3) is 0 Å². The van der Waals surface area contributed by atoms with Gasteiger partial charge in [-0.05, 0) is 46.9 Å². The van der Waals surface area contributed by atoms with E-state index < -0.39 is 11.7 Å². The first kappa shape index (κ1) is 38.8. The quantitative estimate of drug-likeness (QED) is 0.105. The van der Waals surface area contributed by atoms with Gasteiger partial charge in [0.25, 0.3) is 0 Å². The van der Waals surface area contributed by atoms with Gasteiger partial charge in [-0.15, -0.1) is 12.4 Å². The molecule has 0 aliphatic rings. The van der Waals surface area contributed by atoms with Crippen LogP contribution < -0.4 is 10.1 Å². The van der Waals surface area contributed by atoms with Gasteiger partial charge in [0.2, 0.25) is 5.91 Å². The zero-order valence-corrected chi connectivity index (χ0v) is 28.1. The Morgan fingerprint density at radius 2 is 1.54 bits per heavy atom. The number of carbonyl (C=O) groups is 1. The molecular formula is C37H41Cl2F3N2O4. The van der Waals surface area contributed by atoms with E-state index in [9.17, 15) is 18.0 Å². The van der Waals surface area contributed by atoms with Gasteiger partial charge in [-0.1, -0.05) is 96.5 Å². The molecule has 0 bridgehead atoms. The van der Waals surface area contributed by atoms with Gasteiger partial charge < -0.3 is 19.9 Å². The number of benzene rings is 4. The minimum atomic E-state index is -4.55. The Morgan fingerprint density at radius 3 is 2.19 bits per heavy atom. The van der Waals surface area contributed by atoms with Crippen LogP contribution in [-0.4, -0.2) is 62.0 Å². The molecule has 258 valence electrons. The van der Waals surface area contributed by atoms with Crippen LogP contribution >= 0.6 is 24.0 Å². The van der Waals surface area contributed by atoms with Crippen molar-refractivity contribution < 1.29 is 32.5 Å². The Morgan fingerprint density at radius 1 is 0.875 bits per heavy atom. The van der Waals surface area contributed by atoms with Crippen molar-refractivity contribution >= 4 is 29.9 Å². The number of nitrogens with zero attached hydrogens (tertiary/aromatic N) is 1. The fourth-order valence-corrected chi connectivity index (χ4v) is 5.62. The van der Waals surface area contributed by atoms with E-state index >= 15 is 0 Å². The lowest BCUT2D eigenvalue weighted by Gasteiger charge is -2.29. The summed E-state index contributed by atoms with van der Waals surface area (Å²) in [6, 6.07) is 31.5. The Balaban J connectivity index is 0.00000625. The number of ether oxygens (including phenoxy) is 2. The van der Waals surface area contributed by atoms with Crippen molar-refractivity contribution in [2.75, 3.05) is 46.1 Å². The Kier molecular flexibility index (Phi) is 16.2. The number of amides is 1. The number of nitrogens with one attached hydrogen (secondary N) is 1. The summed E-state index contributed by atoms with van der Waals surface area (Å²) in [5, 5.41) is 11.3. The molecule has 0 unspecified atom stereocenters. The lowest BCUT2D eigenvalue weighted by molar-refractivity contribution is -0.137. The number of carbonyl (C=O) groups excluding carboxylic acids is 1. The van der Waals surface area contributed by atoms with Gasteiger partial charge in [-0.3, -0.25) is 9.69 Å². The second-order valence-corrected chi connectivity index (χ2v) is 11.5. The highest BCUT2D eigenvalue weighted by Crippen LogP contribution is 2.37. The van der Waals surface area contributed by atoms with Crippen LogP contribution in [0, 0.1) is 0 Å². The molecular weight excluding hydrogens is 664 g/mol. The van der Waals surface area contributed by atoms with E-state index in [-0.39, 0.29) is 55.4 Å². The molecule has 0 aliphatic heterocycles. The lowest BCUT2D eigenvalue weighted by Crippen LogP contribution is -2.31. The number of aliphatic hydroxyl groups excluding tert-OH is 1. The average molecular weight is 706 g/mol. The lowest BCUT2D eigenvalue weighted by atomic mass is 9.90. The van der Waals surface area contributed by atoms with E-state index in [0.717, 1.165) is 22.8 Å². The minimum absolute atomic E-state index is 0. The largest absolute Gasteiger partial charge is 0.494 e. The van der Waals surface area contributed by atoms with E-state index in [1.54, 1.807) is 6.07 Å². The van der Waals surface area contributed by atoms with Crippen LogP contribution in [0.3, 0.4) is 0 Å². The monoisotopic (exact) mass is 704 g/mol. The van der Waals surface area contributed by atoms with E-state index in [1.807, 2.05) is 60.7 Å². The average Bonchev–Trinajstić information content (AvgIpc) is 3.06. The summed E-state index contributed by atoms with van der Waals surface area (Å²) in [5.41, 5.74) is 2.58. The second kappa shape index (κ2) is 20.0. The molecule has 0 saturated heterocycles. The highest BCUT2D eigenvalue weighted by molar-refractivity contribution is 6.32. The van der Waals surface area contributed by atoms with Gasteiger partial charge in [-0.25, -0.2) is 0 Å². The zero-order valence-electron chi connectivity index (χ0n) is 26.5. The smallest absolute Gasteiger partial charge is 0.417 e. The van der Waals surface area contributed by atoms with Gasteiger partial charge in [0.05, 0.1) is 43.4 Å². The van der Waals surface area contributed by atoms with Crippen molar-refractivity contribution in [3.8, 4) is 5.75 Å². The molecule has 2 N–H and O–H groups in total. The molecule has 0 radical (unpaired) electrons. The van der Waals surface area contributed by atoms with Crippen LogP contribution in [0.2, 0.25) is 5.02 Å². The maximum Gasteiger partial charge on any atom is 0.417 e. The summed E-state index contributed by atoms with van der Waals surface area (Å²) in [6.45, 7) is 2.54. The predicted octanol–water partition coefficient (Wildman–Crippen LogP) is 7.55. The first-order valence-corrected chi connectivity index (χ1v) is 16.0. The van der Waals surface area contributed by atoms with Crippen molar-refractivity contribution in [1.82, 2.24) is 10.2 Å². The second-order valence-electron chi connectivity index (χ2n) is 11.1. The zero-order chi connectivity index (χ0) is 33.5. The van der Waals surface area contributed by atoms with Gasteiger partial charge in [0.15, 0.2) is 0 Å². The van der Waals surface area contributed by atoms with Crippen LogP contribution in [0.5, 0.6) is 5.75 Å². The van der Waals surface area contributed by atoms with E-state index in [1.165, 1.54) is 6.07 Å². The normalized spacial score (nSPS) is 11.4. The van der Waals surface area contributed by atoms with Crippen LogP contribution in [0.4, 0.5) is 13.2 Å². The molecule has 48 heavy (non-hydrogen) atoms. The molecule has 1 amide bonds. The highest BCUT2D eigenvalue weighted by atomic mass is 35.5. The molecule has 0 saturated carbocycles. The van der Waals surface area contributed by atoms with Crippen molar-refractivity contribution in [3.05, 3.63) is 136 Å². The maximum atomic E-state index is 13.7. The molecule has 6 nitrogen and oxygen atoms in total. The first-order valence-electron chi connectivity index (χ1n) is 15.6. The van der Waals surface area contributed by atoms with Gasteiger partial charge in [0, 0.05) is 32.1 Å². The topological polar surface area (TPSA) is 71.0 Å². The summed E-state index contributed by atoms with van der Waals surface area (Å²) in [5.74, 6) is 0.456. The van der Waals surface area contributed by atoms with E-state index in [0.29, 0.717) is 50.6 Å². The molecule has 0 heterocycles. The number of hydrogen-bond acceptors (Lipinski definition) is 5. The summed E-state index contributed by atoms with van der Waals surface area (Å²) >= 11 is 6.33. The van der Waals surface area contributed by atoms with E-state index in [4.69, 9.17) is 26.2 Å². The predicted molar refractivity (Wildman–Crippen MR) is 185 cm³/mol. The van der Waals surface area contributed by atoms with Crippen LogP contribution in [0.15, 0.2) is 103 Å². The fourth-order valence-electron chi connectivity index (χ4n) is 5.33. The third kappa shape index (κ3) is 12.5. The Bertz CT molecular complexity index is 1490. The Hall–Kier alpha value is -3.60. The third-order valence-electron chi connectivity index (χ3n) is 7.58. The minimum Gasteiger partial charge on any atom is -0.494 e. The fraction of sp³-hybridized carbons (Fsp3) is 0.324. The molecule has 0 aliphatic carbocycles. The van der Waals surface area contributed by atoms with Crippen molar-refractivity contribution in [3.63, 3.8) is 0 Å². The molecule has 4 rings (SSSR count). The number of aliphatic hydroxyl groups is 1. The summed E-state index contributed by atoms with van der Waals surface area (Å²) in [7, 11) is 0. The summed E-state index contributed by atoms with van der Waals surface area (Å²) in [6.07, 6.45) is -3.76. The SMILES string of the molecule is Cl.O=C(Cc1cccc(OCCCN(Cc2cccc(C(F)(F)F)c2Cl)CC(c2ccccc2)c2ccccc2)c1)NCCOCCO. The van der Waals surface area contributed by atoms with Gasteiger partial charge in [-0.2, -0.15) is 13.2 Å². The molecule has 4 aromatic carbocycles. The molecule has 0 aromatic heterocycles. The van der Waals surface area contributed by atoms with Crippen LogP contribution in [-0.2, 0) is 28.7 Å². The molecule has 0 spiro atoms. The summed E-state index contributed by atoms with van der Waals surface area (Å²) in [4.78, 5) is 14.4. The Labute approximate surface area is 291 Å². The molecule has 0 fully saturated rings.